The Morgan fingerprint density at radius 2 is 1.89 bits per heavy atom. The lowest BCUT2D eigenvalue weighted by molar-refractivity contribution is 0.127. The number of nitrogens with one attached hydrogen (secondary N) is 1. The zero-order chi connectivity index (χ0) is 13.0. The van der Waals surface area contributed by atoms with E-state index in [0.717, 1.165) is 25.8 Å². The molecule has 0 aliphatic heterocycles. The van der Waals surface area contributed by atoms with Gasteiger partial charge in [-0.1, -0.05) is 26.0 Å². The molecule has 0 heterocycles. The van der Waals surface area contributed by atoms with Gasteiger partial charge in [0.2, 0.25) is 0 Å². The zero-order valence-electron chi connectivity index (χ0n) is 11.5. The summed E-state index contributed by atoms with van der Waals surface area (Å²) in [4.78, 5) is 11.6. The largest absolute Gasteiger partial charge is 0.446 e. The van der Waals surface area contributed by atoms with Crippen LogP contribution < -0.4 is 5.32 Å². The highest BCUT2D eigenvalue weighted by Gasteiger charge is 2.51. The average molecular weight is 251 g/mol. The van der Waals surface area contributed by atoms with Crippen LogP contribution in [0.1, 0.15) is 46.0 Å². The molecule has 1 N–H and O–H groups in total. The van der Waals surface area contributed by atoms with Crippen molar-refractivity contribution in [3.8, 4) is 0 Å². The monoisotopic (exact) mass is 251 g/mol. The van der Waals surface area contributed by atoms with Crippen molar-refractivity contribution in [1.82, 2.24) is 5.32 Å². The number of carbonyl (C=O) groups is 1. The molecule has 0 bridgehead atoms. The maximum absolute atomic E-state index is 11.6. The average Bonchev–Trinajstić information content (AvgIpc) is 2.87. The van der Waals surface area contributed by atoms with E-state index >= 15 is 0 Å². The van der Waals surface area contributed by atoms with Crippen LogP contribution in [0.5, 0.6) is 0 Å². The van der Waals surface area contributed by atoms with Crippen LogP contribution in [-0.2, 0) is 4.74 Å². The Hall–Kier alpha value is -0.990. The van der Waals surface area contributed by atoms with E-state index in [-0.39, 0.29) is 12.2 Å². The van der Waals surface area contributed by atoms with Gasteiger partial charge >= 0.3 is 6.09 Å². The molecule has 0 aromatic heterocycles. The van der Waals surface area contributed by atoms with Crippen molar-refractivity contribution < 1.29 is 9.53 Å². The minimum absolute atomic E-state index is 0.184. The molecule has 102 valence electrons. The topological polar surface area (TPSA) is 38.3 Å². The van der Waals surface area contributed by atoms with Crippen molar-refractivity contribution in [3.63, 3.8) is 0 Å². The Balaban J connectivity index is 1.66. The van der Waals surface area contributed by atoms with Gasteiger partial charge in [-0.25, -0.2) is 4.79 Å². The van der Waals surface area contributed by atoms with Crippen molar-refractivity contribution in [1.29, 1.82) is 0 Å². The fourth-order valence-electron chi connectivity index (χ4n) is 2.78. The van der Waals surface area contributed by atoms with Gasteiger partial charge in [0, 0.05) is 18.4 Å². The molecule has 1 saturated carbocycles. The van der Waals surface area contributed by atoms with Gasteiger partial charge in [0.05, 0.1) is 0 Å². The third kappa shape index (κ3) is 3.76. The van der Waals surface area contributed by atoms with Gasteiger partial charge in [-0.3, -0.25) is 0 Å². The molecule has 0 spiro atoms. The van der Waals surface area contributed by atoms with Crippen molar-refractivity contribution >= 4 is 6.09 Å². The molecule has 3 heteroatoms. The van der Waals surface area contributed by atoms with E-state index in [9.17, 15) is 4.79 Å². The summed E-state index contributed by atoms with van der Waals surface area (Å²) in [5.41, 5.74) is 0. The fraction of sp³-hybridized carbons (Fsp3) is 0.800. The molecule has 0 saturated heterocycles. The van der Waals surface area contributed by atoms with Crippen LogP contribution in [0.25, 0.3) is 0 Å². The van der Waals surface area contributed by atoms with Gasteiger partial charge in [0.25, 0.3) is 0 Å². The quantitative estimate of drug-likeness (QED) is 0.777. The Kier molecular flexibility index (Phi) is 4.67. The molecule has 2 atom stereocenters. The molecule has 0 aromatic carbocycles. The fourth-order valence-corrected chi connectivity index (χ4v) is 2.78. The Bertz CT molecular complexity index is 296. The summed E-state index contributed by atoms with van der Waals surface area (Å²) in [7, 11) is 0. The van der Waals surface area contributed by atoms with Crippen LogP contribution in [-0.4, -0.2) is 18.7 Å². The standard InChI is InChI=1S/C15H25NO2/c1-11(2)9-10-16-15(17)18-14-12-7-5-3-4-6-8-13(12)14/h3-4,11-14H,5-10H2,1-2H3,(H,16,17)/b4-3-. The smallest absolute Gasteiger partial charge is 0.407 e. The molecule has 2 rings (SSSR count). The molecule has 3 nitrogen and oxygen atoms in total. The maximum Gasteiger partial charge on any atom is 0.407 e. The molecule has 2 unspecified atom stereocenters. The second kappa shape index (κ2) is 6.26. The Morgan fingerprint density at radius 1 is 1.28 bits per heavy atom. The normalized spacial score (nSPS) is 32.1. The van der Waals surface area contributed by atoms with Gasteiger partial charge in [0.15, 0.2) is 0 Å². The molecule has 1 amide bonds. The van der Waals surface area contributed by atoms with Gasteiger partial charge in [0.1, 0.15) is 6.10 Å². The number of hydrogen-bond donors (Lipinski definition) is 1. The summed E-state index contributed by atoms with van der Waals surface area (Å²) in [5, 5.41) is 2.85. The number of allylic oxidation sites excluding steroid dienone is 2. The first-order valence-corrected chi connectivity index (χ1v) is 7.28. The number of rotatable bonds is 4. The molecule has 18 heavy (non-hydrogen) atoms. The van der Waals surface area contributed by atoms with Crippen molar-refractivity contribution in [2.75, 3.05) is 6.54 Å². The van der Waals surface area contributed by atoms with Crippen LogP contribution in [0.4, 0.5) is 4.79 Å². The van der Waals surface area contributed by atoms with Crippen LogP contribution in [0.15, 0.2) is 12.2 Å². The van der Waals surface area contributed by atoms with E-state index in [4.69, 9.17) is 4.74 Å². The Labute approximate surface area is 110 Å². The summed E-state index contributed by atoms with van der Waals surface area (Å²) in [6, 6.07) is 0. The van der Waals surface area contributed by atoms with E-state index in [1.54, 1.807) is 0 Å². The highest BCUT2D eigenvalue weighted by atomic mass is 16.6. The van der Waals surface area contributed by atoms with E-state index in [1.807, 2.05) is 0 Å². The van der Waals surface area contributed by atoms with Gasteiger partial charge < -0.3 is 10.1 Å². The summed E-state index contributed by atoms with van der Waals surface area (Å²) in [6.45, 7) is 5.03. The molecular formula is C15H25NO2. The lowest BCUT2D eigenvalue weighted by atomic mass is 10.1. The molecule has 0 aromatic rings. The third-order valence-electron chi connectivity index (χ3n) is 3.99. The van der Waals surface area contributed by atoms with Crippen LogP contribution in [0.2, 0.25) is 0 Å². The van der Waals surface area contributed by atoms with Gasteiger partial charge in [-0.2, -0.15) is 0 Å². The number of amides is 1. The molecule has 1 fully saturated rings. The summed E-state index contributed by atoms with van der Waals surface area (Å²) >= 11 is 0. The number of fused-ring (bicyclic) bond motifs is 1. The van der Waals surface area contributed by atoms with Crippen LogP contribution >= 0.6 is 0 Å². The molecule has 0 radical (unpaired) electrons. The minimum Gasteiger partial charge on any atom is -0.446 e. The van der Waals surface area contributed by atoms with E-state index in [1.165, 1.54) is 12.8 Å². The molecule has 2 aliphatic rings. The first-order valence-electron chi connectivity index (χ1n) is 7.28. The summed E-state index contributed by atoms with van der Waals surface area (Å²) < 4.78 is 5.52. The third-order valence-corrected chi connectivity index (χ3v) is 3.99. The first-order chi connectivity index (χ1) is 8.68. The predicted molar refractivity (Wildman–Crippen MR) is 72.3 cm³/mol. The van der Waals surface area contributed by atoms with Gasteiger partial charge in [-0.05, 0) is 38.0 Å². The molecular weight excluding hydrogens is 226 g/mol. The van der Waals surface area contributed by atoms with Gasteiger partial charge in [-0.15, -0.1) is 0 Å². The van der Waals surface area contributed by atoms with Crippen LogP contribution in [0.3, 0.4) is 0 Å². The second-order valence-electron chi connectivity index (χ2n) is 5.93. The summed E-state index contributed by atoms with van der Waals surface area (Å²) in [6.07, 6.45) is 10.1. The lowest BCUT2D eigenvalue weighted by Gasteiger charge is -2.08. The summed E-state index contributed by atoms with van der Waals surface area (Å²) in [5.74, 6) is 1.85. The maximum atomic E-state index is 11.6. The van der Waals surface area contributed by atoms with E-state index in [0.29, 0.717) is 17.8 Å². The zero-order valence-corrected chi connectivity index (χ0v) is 11.5. The predicted octanol–water partition coefficient (Wildman–Crippen LogP) is 3.50. The second-order valence-corrected chi connectivity index (χ2v) is 5.93. The number of ether oxygens (including phenoxy) is 1. The highest BCUT2D eigenvalue weighted by Crippen LogP contribution is 2.48. The number of hydrogen-bond acceptors (Lipinski definition) is 2. The highest BCUT2D eigenvalue weighted by molar-refractivity contribution is 5.67. The van der Waals surface area contributed by atoms with Crippen molar-refractivity contribution in [2.24, 2.45) is 17.8 Å². The van der Waals surface area contributed by atoms with E-state index in [2.05, 4.69) is 31.3 Å². The number of carbonyl (C=O) groups excluding carboxylic acids is 1. The molecule has 2 aliphatic carbocycles. The SMILES string of the molecule is CC(C)CCNC(=O)OC1C2CC/C=C\CCC21. The van der Waals surface area contributed by atoms with Crippen molar-refractivity contribution in [2.45, 2.75) is 52.1 Å². The first kappa shape index (κ1) is 13.4. The lowest BCUT2D eigenvalue weighted by Crippen LogP contribution is -2.27. The van der Waals surface area contributed by atoms with Crippen molar-refractivity contribution in [3.05, 3.63) is 12.2 Å². The minimum atomic E-state index is -0.222. The van der Waals surface area contributed by atoms with Crippen LogP contribution in [0, 0.1) is 17.8 Å². The number of alkyl carbamates (subject to hydrolysis) is 1. The Morgan fingerprint density at radius 3 is 2.44 bits per heavy atom. The van der Waals surface area contributed by atoms with E-state index < -0.39 is 0 Å².